The van der Waals surface area contributed by atoms with Crippen molar-refractivity contribution in [1.82, 2.24) is 4.98 Å². The van der Waals surface area contributed by atoms with Crippen LogP contribution < -0.4 is 0 Å². The van der Waals surface area contributed by atoms with Crippen molar-refractivity contribution in [2.24, 2.45) is 17.3 Å². The second kappa shape index (κ2) is 11.9. The van der Waals surface area contributed by atoms with Gasteiger partial charge in [0.1, 0.15) is 47.6 Å². The Kier molecular flexibility index (Phi) is 8.73. The minimum Gasteiger partial charge on any atom is -0.465 e. The van der Waals surface area contributed by atoms with Gasteiger partial charge in [-0.1, -0.05) is 13.8 Å². The number of rotatable bonds is 4. The van der Waals surface area contributed by atoms with Gasteiger partial charge in [0.15, 0.2) is 18.0 Å². The van der Waals surface area contributed by atoms with E-state index in [1.807, 2.05) is 0 Å². The number of esters is 5. The van der Waals surface area contributed by atoms with Gasteiger partial charge in [-0.3, -0.25) is 29.0 Å². The summed E-state index contributed by atoms with van der Waals surface area (Å²) in [6, 6.07) is 2.90. The molecule has 1 saturated heterocycles. The number of pyridine rings is 1. The maximum atomic E-state index is 14.5. The molecule has 1 aromatic rings. The van der Waals surface area contributed by atoms with Crippen LogP contribution in [0.2, 0.25) is 0 Å². The van der Waals surface area contributed by atoms with Crippen LogP contribution >= 0.6 is 0 Å². The molecule has 2 aliphatic heterocycles. The lowest BCUT2D eigenvalue weighted by molar-refractivity contribution is -0.376. The lowest BCUT2D eigenvalue weighted by atomic mass is 9.45. The number of hydrogen-bond acceptors (Lipinski definition) is 16. The van der Waals surface area contributed by atoms with Crippen molar-refractivity contribution in [2.75, 3.05) is 13.2 Å². The van der Waals surface area contributed by atoms with Crippen LogP contribution in [0.25, 0.3) is 0 Å². The van der Waals surface area contributed by atoms with Crippen molar-refractivity contribution in [1.29, 1.82) is 0 Å². The average Bonchev–Trinajstić information content (AvgIpc) is 3.22. The number of carbonyl (C=O) groups excluding carboxylic acids is 6. The summed E-state index contributed by atoms with van der Waals surface area (Å²) in [5.41, 5.74) is -9.88. The van der Waals surface area contributed by atoms with Gasteiger partial charge in [0, 0.05) is 32.9 Å². The minimum atomic E-state index is -2.74. The number of cyclic esters (lactones) is 1. The Morgan fingerprint density at radius 3 is 2.25 bits per heavy atom. The molecule has 1 spiro atoms. The Morgan fingerprint density at radius 2 is 1.65 bits per heavy atom. The zero-order valence-electron chi connectivity index (χ0n) is 27.5. The molecule has 12 unspecified atom stereocenters. The van der Waals surface area contributed by atoms with Crippen LogP contribution in [0.5, 0.6) is 0 Å². The summed E-state index contributed by atoms with van der Waals surface area (Å²) in [7, 11) is 0. The first-order chi connectivity index (χ1) is 22.3. The summed E-state index contributed by atoms with van der Waals surface area (Å²) >= 11 is 0. The lowest BCUT2D eigenvalue weighted by Gasteiger charge is -2.66. The number of aliphatic hydroxyl groups is 3. The number of Topliss-reactive ketones (excluding diaryl/α,β-unsaturated/α-hetero) is 1. The summed E-state index contributed by atoms with van der Waals surface area (Å²) < 4.78 is 34.6. The third kappa shape index (κ3) is 4.82. The van der Waals surface area contributed by atoms with Gasteiger partial charge in [-0.25, -0.2) is 4.79 Å². The highest BCUT2D eigenvalue weighted by molar-refractivity contribution is 5.94. The normalized spacial score (nSPS) is 42.1. The van der Waals surface area contributed by atoms with Gasteiger partial charge in [-0.15, -0.1) is 0 Å². The predicted octanol–water partition coefficient (Wildman–Crippen LogP) is -0.471. The van der Waals surface area contributed by atoms with Crippen LogP contribution in [0.1, 0.15) is 70.4 Å². The van der Waals surface area contributed by atoms with Crippen molar-refractivity contribution in [3.8, 4) is 0 Å². The summed E-state index contributed by atoms with van der Waals surface area (Å²) in [5.74, 6) is -9.59. The summed E-state index contributed by atoms with van der Waals surface area (Å²) in [6.07, 6.45) is -9.16. The van der Waals surface area contributed by atoms with Gasteiger partial charge in [0.25, 0.3) is 0 Å². The molecule has 12 atom stereocenters. The molecule has 0 aromatic carbocycles. The topological polar surface area (TPSA) is 231 Å². The summed E-state index contributed by atoms with van der Waals surface area (Å²) in [5, 5.41) is 36.9. The molecule has 48 heavy (non-hydrogen) atoms. The molecule has 0 amide bonds. The molecular formula is C32H39NO15. The molecule has 3 N–H and O–H groups in total. The first-order valence-electron chi connectivity index (χ1n) is 15.4. The molecule has 4 aliphatic rings. The fraction of sp³-hybridized carbons (Fsp3) is 0.656. The molecule has 3 heterocycles. The second-order valence-electron chi connectivity index (χ2n) is 13.4. The van der Waals surface area contributed by atoms with Gasteiger partial charge in [0.2, 0.25) is 0 Å². The summed E-state index contributed by atoms with van der Waals surface area (Å²) in [4.78, 5) is 83.7. The van der Waals surface area contributed by atoms with Crippen molar-refractivity contribution in [3.05, 3.63) is 29.6 Å². The van der Waals surface area contributed by atoms with E-state index in [-0.39, 0.29) is 11.3 Å². The van der Waals surface area contributed by atoms with E-state index in [0.29, 0.717) is 0 Å². The number of fused-ring (bicyclic) bond motifs is 5. The lowest BCUT2D eigenvalue weighted by Crippen LogP contribution is -2.88. The van der Waals surface area contributed by atoms with Gasteiger partial charge >= 0.3 is 29.8 Å². The molecule has 2 aliphatic carbocycles. The van der Waals surface area contributed by atoms with E-state index < -0.39 is 119 Å². The van der Waals surface area contributed by atoms with E-state index in [1.54, 1.807) is 6.92 Å². The van der Waals surface area contributed by atoms with Gasteiger partial charge in [-0.2, -0.15) is 0 Å². The van der Waals surface area contributed by atoms with Crippen molar-refractivity contribution < 1.29 is 72.5 Å². The number of aliphatic hydroxyl groups excluding tert-OH is 2. The molecule has 3 fully saturated rings. The number of ether oxygens (including phenoxy) is 6. The Morgan fingerprint density at radius 1 is 1.00 bits per heavy atom. The molecule has 0 radical (unpaired) electrons. The molecule has 16 nitrogen and oxygen atoms in total. The number of nitrogens with zero attached hydrogens (tertiary/aromatic N) is 1. The minimum absolute atomic E-state index is 0.0135. The number of carbonyl (C=O) groups is 6. The second-order valence-corrected chi connectivity index (χ2v) is 13.4. The maximum Gasteiger partial charge on any atom is 0.340 e. The molecule has 2 saturated carbocycles. The Bertz CT molecular complexity index is 1560. The Labute approximate surface area is 275 Å². The molecular weight excluding hydrogens is 638 g/mol. The summed E-state index contributed by atoms with van der Waals surface area (Å²) in [6.45, 7) is 6.59. The van der Waals surface area contributed by atoms with Crippen LogP contribution in [0.4, 0.5) is 0 Å². The van der Waals surface area contributed by atoms with E-state index >= 15 is 0 Å². The molecule has 4 bridgehead atoms. The van der Waals surface area contributed by atoms with Crippen LogP contribution in [-0.2, 0) is 52.4 Å². The highest BCUT2D eigenvalue weighted by atomic mass is 16.6. The van der Waals surface area contributed by atoms with Crippen molar-refractivity contribution in [2.45, 2.75) is 102 Å². The standard InChI is InChI=1S/C32H39NO15/c1-13-14(2)27(40)47-24-22(38)26(46-17(5)36)31(12-43-15(3)34)25(45-16(4)35)21(37)19-23(39)32(31,30(24,7)42)48-29(19,6)11-44-28(41)18-9-8-10-33-20(13)18/h8-10,13-14,19,22-26,38-39,42H,11-12H2,1-7H3. The average molecular weight is 678 g/mol. The highest BCUT2D eigenvalue weighted by Crippen LogP contribution is 2.67. The van der Waals surface area contributed by atoms with Crippen molar-refractivity contribution in [3.63, 3.8) is 0 Å². The molecule has 5 rings (SSSR count). The SMILES string of the molecule is CC(=O)OCC12C(OC(C)=O)C(=O)C3C(O)C14OC3(C)COC(=O)c1cccnc1C(C)C(C)C(=O)OC(C(O)C2OC(C)=O)C4(C)O. The van der Waals surface area contributed by atoms with Crippen LogP contribution in [0, 0.1) is 17.3 Å². The monoisotopic (exact) mass is 677 g/mol. The van der Waals surface area contributed by atoms with Crippen LogP contribution in [-0.4, -0.2) is 116 Å². The zero-order valence-corrected chi connectivity index (χ0v) is 27.5. The first kappa shape index (κ1) is 35.3. The number of aromatic nitrogens is 1. The zero-order chi connectivity index (χ0) is 35.7. The molecule has 262 valence electrons. The van der Waals surface area contributed by atoms with Crippen LogP contribution in [0.3, 0.4) is 0 Å². The fourth-order valence-electron chi connectivity index (χ4n) is 8.13. The van der Waals surface area contributed by atoms with E-state index in [4.69, 9.17) is 28.4 Å². The van der Waals surface area contributed by atoms with Gasteiger partial charge < -0.3 is 43.7 Å². The molecule has 16 heteroatoms. The van der Waals surface area contributed by atoms with Gasteiger partial charge in [0.05, 0.1) is 29.2 Å². The van der Waals surface area contributed by atoms with E-state index in [1.165, 1.54) is 32.2 Å². The third-order valence-electron chi connectivity index (χ3n) is 10.4. The first-order valence-corrected chi connectivity index (χ1v) is 15.4. The van der Waals surface area contributed by atoms with Gasteiger partial charge in [-0.05, 0) is 26.0 Å². The van der Waals surface area contributed by atoms with E-state index in [9.17, 15) is 44.1 Å². The third-order valence-corrected chi connectivity index (χ3v) is 10.4. The Balaban J connectivity index is 1.86. The Hall–Kier alpha value is -3.99. The highest BCUT2D eigenvalue weighted by Gasteiger charge is 2.90. The van der Waals surface area contributed by atoms with Crippen LogP contribution in [0.15, 0.2) is 18.3 Å². The molecule has 1 aromatic heterocycles. The fourth-order valence-corrected chi connectivity index (χ4v) is 8.13. The van der Waals surface area contributed by atoms with E-state index in [0.717, 1.165) is 27.7 Å². The van der Waals surface area contributed by atoms with Crippen molar-refractivity contribution >= 4 is 35.6 Å². The number of ketones is 1. The largest absolute Gasteiger partial charge is 0.465 e. The maximum absolute atomic E-state index is 14.5. The predicted molar refractivity (Wildman–Crippen MR) is 156 cm³/mol. The smallest absolute Gasteiger partial charge is 0.340 e. The number of hydrogen-bond donors (Lipinski definition) is 3. The quantitative estimate of drug-likeness (QED) is 0.270. The van der Waals surface area contributed by atoms with E-state index in [2.05, 4.69) is 4.98 Å².